The smallest absolute Gasteiger partial charge is 0.240 e. The Hall–Kier alpha value is -1.67. The van der Waals surface area contributed by atoms with Gasteiger partial charge in [0, 0.05) is 18.7 Å². The van der Waals surface area contributed by atoms with E-state index in [1.807, 2.05) is 0 Å². The topological polar surface area (TPSA) is 115 Å². The Labute approximate surface area is 111 Å². The molecule has 0 bridgehead atoms. The highest BCUT2D eigenvalue weighted by Gasteiger charge is 2.15. The molecule has 1 rings (SSSR count). The largest absolute Gasteiger partial charge is 0.399 e. The summed E-state index contributed by atoms with van der Waals surface area (Å²) in [5, 5.41) is 0. The molecule has 0 heterocycles. The number of unbranched alkanes of at least 4 members (excludes halogenated alkanes) is 1. The van der Waals surface area contributed by atoms with Gasteiger partial charge in [-0.15, -0.1) is 0 Å². The van der Waals surface area contributed by atoms with Crippen molar-refractivity contribution >= 4 is 21.6 Å². The van der Waals surface area contributed by atoms with Crippen molar-refractivity contribution in [3.8, 4) is 0 Å². The number of hydrogen-bond donors (Lipinski definition) is 3. The summed E-state index contributed by atoms with van der Waals surface area (Å²) >= 11 is 0. The molecule has 0 aromatic heterocycles. The molecule has 0 spiro atoms. The number of carbonyl (C=O) groups excluding carboxylic acids is 1. The van der Waals surface area contributed by atoms with E-state index in [4.69, 9.17) is 11.5 Å². The minimum Gasteiger partial charge on any atom is -0.399 e. The Kier molecular flexibility index (Phi) is 5.25. The fraction of sp³-hybridized carbons (Fsp3) is 0.364. The fourth-order valence-corrected chi connectivity index (χ4v) is 2.59. The van der Waals surface area contributed by atoms with Crippen molar-refractivity contribution in [3.63, 3.8) is 0 Å². The number of benzene rings is 1. The first-order valence-corrected chi connectivity index (χ1v) is 7.13. The molecule has 0 aliphatic heterocycles. The normalized spacial score (nSPS) is 11.4. The third-order valence-electron chi connectivity index (χ3n) is 2.35. The van der Waals surface area contributed by atoms with Crippen LogP contribution in [0.25, 0.3) is 0 Å². The number of sulfonamides is 1. The Morgan fingerprint density at radius 1 is 1.26 bits per heavy atom. The van der Waals surface area contributed by atoms with Gasteiger partial charge in [0.25, 0.3) is 0 Å². The molecule has 0 aliphatic carbocycles. The predicted octanol–water partition coefficient (Wildman–Crippen LogP) is 0.342. The third-order valence-corrected chi connectivity index (χ3v) is 3.79. The van der Waals surface area contributed by atoms with E-state index >= 15 is 0 Å². The van der Waals surface area contributed by atoms with Crippen LogP contribution in [0.15, 0.2) is 23.1 Å². The lowest BCUT2D eigenvalue weighted by molar-refractivity contribution is -0.118. The van der Waals surface area contributed by atoms with Crippen LogP contribution in [-0.2, 0) is 14.8 Å². The monoisotopic (exact) mass is 289 g/mol. The summed E-state index contributed by atoms with van der Waals surface area (Å²) in [6, 6.07) is 3.10. The van der Waals surface area contributed by atoms with Crippen LogP contribution in [0.2, 0.25) is 0 Å². The molecule has 5 N–H and O–H groups in total. The maximum absolute atomic E-state index is 13.1. The van der Waals surface area contributed by atoms with Gasteiger partial charge in [-0.1, -0.05) is 0 Å². The Morgan fingerprint density at radius 3 is 2.53 bits per heavy atom. The van der Waals surface area contributed by atoms with E-state index in [1.165, 1.54) is 6.07 Å². The molecule has 19 heavy (non-hydrogen) atoms. The van der Waals surface area contributed by atoms with Crippen LogP contribution in [0.3, 0.4) is 0 Å². The molecule has 1 aromatic rings. The average Bonchev–Trinajstić information content (AvgIpc) is 2.26. The van der Waals surface area contributed by atoms with Crippen molar-refractivity contribution in [1.29, 1.82) is 0 Å². The lowest BCUT2D eigenvalue weighted by Crippen LogP contribution is -2.25. The van der Waals surface area contributed by atoms with Crippen LogP contribution in [0.1, 0.15) is 19.3 Å². The summed E-state index contributed by atoms with van der Waals surface area (Å²) in [5.41, 5.74) is 10.4. The summed E-state index contributed by atoms with van der Waals surface area (Å²) in [6.07, 6.45) is 1.16. The number of halogens is 1. The molecular weight excluding hydrogens is 273 g/mol. The van der Waals surface area contributed by atoms with Gasteiger partial charge in [0.2, 0.25) is 15.9 Å². The van der Waals surface area contributed by atoms with Crippen LogP contribution in [0, 0.1) is 5.82 Å². The molecule has 8 heteroatoms. The summed E-state index contributed by atoms with van der Waals surface area (Å²) in [7, 11) is -3.79. The number of nitrogens with two attached hydrogens (primary N) is 2. The van der Waals surface area contributed by atoms with E-state index in [0.29, 0.717) is 12.8 Å². The maximum atomic E-state index is 13.1. The first-order chi connectivity index (χ1) is 8.81. The summed E-state index contributed by atoms with van der Waals surface area (Å²) < 4.78 is 39.0. The van der Waals surface area contributed by atoms with Crippen molar-refractivity contribution < 1.29 is 17.6 Å². The number of carbonyl (C=O) groups is 1. The minimum atomic E-state index is -3.79. The van der Waals surface area contributed by atoms with Crippen molar-refractivity contribution in [2.45, 2.75) is 24.2 Å². The number of anilines is 1. The van der Waals surface area contributed by atoms with Gasteiger partial charge in [0.05, 0.1) is 4.90 Å². The molecular formula is C11H16FN3O3S. The van der Waals surface area contributed by atoms with E-state index in [0.717, 1.165) is 12.1 Å². The lowest BCUT2D eigenvalue weighted by Gasteiger charge is -2.07. The summed E-state index contributed by atoms with van der Waals surface area (Å²) in [4.78, 5) is 10.3. The Bertz CT molecular complexity index is 540. The molecule has 0 saturated heterocycles. The third kappa shape index (κ3) is 5.23. The first-order valence-electron chi connectivity index (χ1n) is 5.65. The van der Waals surface area contributed by atoms with Crippen LogP contribution in [0.5, 0.6) is 0 Å². The van der Waals surface area contributed by atoms with E-state index in [-0.39, 0.29) is 23.5 Å². The van der Waals surface area contributed by atoms with Crippen molar-refractivity contribution in [2.75, 3.05) is 12.3 Å². The van der Waals surface area contributed by atoms with E-state index in [9.17, 15) is 17.6 Å². The molecule has 1 amide bonds. The standard InChI is InChI=1S/C11H16FN3O3S/c12-8-5-9(13)7-10(6-8)19(17,18)15-4-2-1-3-11(14)16/h5-7,15H,1-4,13H2,(H2,14,16). The lowest BCUT2D eigenvalue weighted by atomic mass is 10.2. The van der Waals surface area contributed by atoms with Gasteiger partial charge in [-0.05, 0) is 31.0 Å². The van der Waals surface area contributed by atoms with Gasteiger partial charge in [-0.25, -0.2) is 17.5 Å². The van der Waals surface area contributed by atoms with Gasteiger partial charge in [0.15, 0.2) is 0 Å². The quantitative estimate of drug-likeness (QED) is 0.496. The average molecular weight is 289 g/mol. The second kappa shape index (κ2) is 6.48. The zero-order chi connectivity index (χ0) is 14.5. The number of primary amides is 1. The van der Waals surface area contributed by atoms with Crippen LogP contribution in [-0.4, -0.2) is 20.9 Å². The molecule has 0 saturated carbocycles. The molecule has 0 aliphatic rings. The van der Waals surface area contributed by atoms with Crippen LogP contribution < -0.4 is 16.2 Å². The number of nitrogens with one attached hydrogen (secondary N) is 1. The van der Waals surface area contributed by atoms with Gasteiger partial charge >= 0.3 is 0 Å². The summed E-state index contributed by atoms with van der Waals surface area (Å²) in [6.45, 7) is 0.145. The van der Waals surface area contributed by atoms with Gasteiger partial charge < -0.3 is 11.5 Å². The zero-order valence-corrected chi connectivity index (χ0v) is 11.0. The maximum Gasteiger partial charge on any atom is 0.240 e. The molecule has 0 radical (unpaired) electrons. The second-order valence-electron chi connectivity index (χ2n) is 4.04. The molecule has 0 fully saturated rings. The van der Waals surface area contributed by atoms with E-state index in [1.54, 1.807) is 0 Å². The Balaban J connectivity index is 2.58. The zero-order valence-electron chi connectivity index (χ0n) is 10.2. The number of hydrogen-bond acceptors (Lipinski definition) is 4. The van der Waals surface area contributed by atoms with Crippen molar-refractivity contribution in [3.05, 3.63) is 24.0 Å². The van der Waals surface area contributed by atoms with Gasteiger partial charge in [0.1, 0.15) is 5.82 Å². The van der Waals surface area contributed by atoms with E-state index in [2.05, 4.69) is 4.72 Å². The van der Waals surface area contributed by atoms with Crippen LogP contribution >= 0.6 is 0 Å². The number of amides is 1. The van der Waals surface area contributed by atoms with Crippen LogP contribution in [0.4, 0.5) is 10.1 Å². The highest BCUT2D eigenvalue weighted by Crippen LogP contribution is 2.15. The van der Waals surface area contributed by atoms with Gasteiger partial charge in [-0.3, -0.25) is 4.79 Å². The Morgan fingerprint density at radius 2 is 1.95 bits per heavy atom. The van der Waals surface area contributed by atoms with E-state index < -0.39 is 21.7 Å². The number of rotatable bonds is 7. The fourth-order valence-electron chi connectivity index (χ4n) is 1.45. The van der Waals surface area contributed by atoms with Crippen molar-refractivity contribution in [1.82, 2.24) is 4.72 Å². The highest BCUT2D eigenvalue weighted by molar-refractivity contribution is 7.89. The second-order valence-corrected chi connectivity index (χ2v) is 5.81. The molecule has 0 atom stereocenters. The SMILES string of the molecule is NC(=O)CCCCNS(=O)(=O)c1cc(N)cc(F)c1. The summed E-state index contributed by atoms with van der Waals surface area (Å²) in [5.74, 6) is -1.14. The molecule has 6 nitrogen and oxygen atoms in total. The minimum absolute atomic E-state index is 0.0362. The van der Waals surface area contributed by atoms with Crippen molar-refractivity contribution in [2.24, 2.45) is 5.73 Å². The molecule has 1 aromatic carbocycles. The predicted molar refractivity (Wildman–Crippen MR) is 69.0 cm³/mol. The molecule has 106 valence electrons. The van der Waals surface area contributed by atoms with Gasteiger partial charge in [-0.2, -0.15) is 0 Å². The molecule has 0 unspecified atom stereocenters. The first kappa shape index (κ1) is 15.4. The highest BCUT2D eigenvalue weighted by atomic mass is 32.2. The number of nitrogen functional groups attached to an aromatic ring is 1.